The number of nitrogens with one attached hydrogen (secondary N) is 1. The molecule has 1 aliphatic carbocycles. The van der Waals surface area contributed by atoms with Gasteiger partial charge in [-0.2, -0.15) is 9.61 Å². The first kappa shape index (κ1) is 17.5. The Hall–Kier alpha value is -2.35. The summed E-state index contributed by atoms with van der Waals surface area (Å²) in [7, 11) is 0. The van der Waals surface area contributed by atoms with Crippen molar-refractivity contribution in [2.24, 2.45) is 5.41 Å². The van der Waals surface area contributed by atoms with E-state index in [2.05, 4.69) is 10.4 Å². The molecule has 0 saturated heterocycles. The van der Waals surface area contributed by atoms with Gasteiger partial charge in [-0.25, -0.2) is 0 Å². The van der Waals surface area contributed by atoms with E-state index in [0.717, 1.165) is 17.4 Å². The van der Waals surface area contributed by atoms with Gasteiger partial charge in [-0.05, 0) is 18.3 Å². The van der Waals surface area contributed by atoms with Crippen molar-refractivity contribution in [1.82, 2.24) is 19.5 Å². The molecule has 3 N–H and O–H groups in total. The summed E-state index contributed by atoms with van der Waals surface area (Å²) in [5, 5.41) is 26.8. The van der Waals surface area contributed by atoms with E-state index < -0.39 is 11.5 Å². The van der Waals surface area contributed by atoms with Gasteiger partial charge < -0.3 is 15.5 Å². The lowest BCUT2D eigenvalue weighted by Crippen LogP contribution is -2.35. The molecule has 0 unspecified atom stereocenters. The predicted molar refractivity (Wildman–Crippen MR) is 91.8 cm³/mol. The molecule has 1 saturated carbocycles. The van der Waals surface area contributed by atoms with Crippen molar-refractivity contribution in [3.05, 3.63) is 27.7 Å². The number of hydrogen-bond donors (Lipinski definition) is 3. The lowest BCUT2D eigenvalue weighted by Gasteiger charge is -2.23. The van der Waals surface area contributed by atoms with Crippen LogP contribution in [-0.4, -0.2) is 43.0 Å². The third-order valence-electron chi connectivity index (χ3n) is 4.04. The van der Waals surface area contributed by atoms with Gasteiger partial charge in [0.2, 0.25) is 5.88 Å². The normalized spacial score (nSPS) is 14.9. The number of fused-ring (bicyclic) bond motifs is 1. The molecule has 0 radical (unpaired) electrons. The van der Waals surface area contributed by atoms with Crippen LogP contribution in [0.1, 0.15) is 49.7 Å². The first-order valence-electron chi connectivity index (χ1n) is 8.47. The van der Waals surface area contributed by atoms with Crippen molar-refractivity contribution >= 4 is 11.6 Å². The number of amides is 1. The third-order valence-corrected chi connectivity index (χ3v) is 4.04. The van der Waals surface area contributed by atoms with Crippen molar-refractivity contribution in [2.75, 3.05) is 6.61 Å². The fourth-order valence-corrected chi connectivity index (χ4v) is 2.76. The Bertz CT molecular complexity index is 871. The minimum absolute atomic E-state index is 0.0700. The number of nitrogens with zero attached hydrogens (tertiary/aromatic N) is 3. The summed E-state index contributed by atoms with van der Waals surface area (Å²) in [5.41, 5.74) is -0.203. The summed E-state index contributed by atoms with van der Waals surface area (Å²) in [6, 6.07) is 1.73. The highest BCUT2D eigenvalue weighted by Gasteiger charge is 2.30. The molecule has 0 aromatic carbocycles. The maximum absolute atomic E-state index is 12.7. The van der Waals surface area contributed by atoms with Gasteiger partial charge in [0.1, 0.15) is 5.65 Å². The van der Waals surface area contributed by atoms with Gasteiger partial charge in [0.05, 0.1) is 5.69 Å². The molecule has 2 aromatic rings. The number of aromatic nitrogens is 3. The molecule has 2 aromatic heterocycles. The van der Waals surface area contributed by atoms with Crippen LogP contribution < -0.4 is 10.9 Å². The Morgan fingerprint density at radius 2 is 2.08 bits per heavy atom. The first-order chi connectivity index (χ1) is 11.7. The van der Waals surface area contributed by atoms with Gasteiger partial charge in [-0.3, -0.25) is 14.2 Å². The van der Waals surface area contributed by atoms with Crippen LogP contribution >= 0.6 is 0 Å². The third kappa shape index (κ3) is 3.53. The number of aromatic hydroxyl groups is 1. The van der Waals surface area contributed by atoms with Crippen molar-refractivity contribution in [3.63, 3.8) is 0 Å². The highest BCUT2D eigenvalue weighted by molar-refractivity contribution is 5.96. The average molecular weight is 348 g/mol. The summed E-state index contributed by atoms with van der Waals surface area (Å²) in [5.74, 6) is -0.921. The Balaban J connectivity index is 2.21. The molecule has 0 bridgehead atoms. The first-order valence-corrected chi connectivity index (χ1v) is 8.47. The number of hydrogen-bond acceptors (Lipinski definition) is 5. The Kier molecular flexibility index (Phi) is 4.32. The van der Waals surface area contributed by atoms with E-state index in [-0.39, 0.29) is 29.5 Å². The predicted octanol–water partition coefficient (Wildman–Crippen LogP) is 0.675. The van der Waals surface area contributed by atoms with Gasteiger partial charge in [0, 0.05) is 31.7 Å². The van der Waals surface area contributed by atoms with E-state index in [4.69, 9.17) is 5.11 Å². The van der Waals surface area contributed by atoms with Crippen LogP contribution in [0.15, 0.2) is 10.9 Å². The molecule has 0 spiro atoms. The summed E-state index contributed by atoms with van der Waals surface area (Å²) >= 11 is 0. The standard InChI is InChI=1S/C17H24N4O4/c1-17(2,3)9-20-12-8-11(6-7-22)19-21(12)16(25)13(15(20)24)14(23)18-10-4-5-10/h8,10,22,24H,4-7,9H2,1-3H3,(H,18,23). The fraction of sp³-hybridized carbons (Fsp3) is 0.588. The number of aliphatic hydroxyl groups is 1. The monoisotopic (exact) mass is 348 g/mol. The molecule has 2 heterocycles. The molecular weight excluding hydrogens is 324 g/mol. The highest BCUT2D eigenvalue weighted by Crippen LogP contribution is 2.26. The van der Waals surface area contributed by atoms with Crippen LogP contribution in [0.2, 0.25) is 0 Å². The molecule has 0 atom stereocenters. The van der Waals surface area contributed by atoms with Gasteiger partial charge >= 0.3 is 0 Å². The maximum atomic E-state index is 12.7. The second kappa shape index (κ2) is 6.18. The molecule has 8 heteroatoms. The summed E-state index contributed by atoms with van der Waals surface area (Å²) < 4.78 is 2.68. The average Bonchev–Trinajstić information content (AvgIpc) is 3.20. The number of carbonyl (C=O) groups excluding carboxylic acids is 1. The molecule has 3 rings (SSSR count). The number of carbonyl (C=O) groups is 1. The Labute approximate surface area is 145 Å². The van der Waals surface area contributed by atoms with E-state index >= 15 is 0 Å². The minimum Gasteiger partial charge on any atom is -0.494 e. The highest BCUT2D eigenvalue weighted by atomic mass is 16.3. The van der Waals surface area contributed by atoms with E-state index in [1.807, 2.05) is 20.8 Å². The van der Waals surface area contributed by atoms with Gasteiger partial charge in [0.15, 0.2) is 5.56 Å². The molecule has 1 amide bonds. The molecule has 1 aliphatic rings. The Morgan fingerprint density at radius 1 is 1.40 bits per heavy atom. The van der Waals surface area contributed by atoms with Crippen molar-refractivity contribution < 1.29 is 15.0 Å². The lowest BCUT2D eigenvalue weighted by molar-refractivity contribution is 0.0944. The van der Waals surface area contributed by atoms with E-state index in [1.165, 1.54) is 4.57 Å². The van der Waals surface area contributed by atoms with Crippen LogP contribution in [0.5, 0.6) is 5.88 Å². The van der Waals surface area contributed by atoms with Gasteiger partial charge in [-0.15, -0.1) is 0 Å². The van der Waals surface area contributed by atoms with Crippen LogP contribution in [0.25, 0.3) is 5.65 Å². The zero-order valence-electron chi connectivity index (χ0n) is 14.7. The summed E-state index contributed by atoms with van der Waals surface area (Å²) in [4.78, 5) is 25.2. The zero-order chi connectivity index (χ0) is 18.4. The smallest absolute Gasteiger partial charge is 0.291 e. The van der Waals surface area contributed by atoms with Crippen molar-refractivity contribution in [2.45, 2.75) is 52.6 Å². The molecule has 8 nitrogen and oxygen atoms in total. The van der Waals surface area contributed by atoms with Gasteiger partial charge in [-0.1, -0.05) is 20.8 Å². The van der Waals surface area contributed by atoms with Crippen LogP contribution in [0, 0.1) is 5.41 Å². The van der Waals surface area contributed by atoms with Gasteiger partial charge in [0.25, 0.3) is 11.5 Å². The molecule has 25 heavy (non-hydrogen) atoms. The van der Waals surface area contributed by atoms with E-state index in [9.17, 15) is 14.7 Å². The van der Waals surface area contributed by atoms with Crippen molar-refractivity contribution in [3.8, 4) is 5.88 Å². The van der Waals surface area contributed by atoms with Crippen LogP contribution in [0.4, 0.5) is 0 Å². The van der Waals surface area contributed by atoms with Crippen LogP contribution in [0.3, 0.4) is 0 Å². The van der Waals surface area contributed by atoms with Crippen molar-refractivity contribution in [1.29, 1.82) is 0 Å². The lowest BCUT2D eigenvalue weighted by atomic mass is 9.96. The van der Waals surface area contributed by atoms with E-state index in [0.29, 0.717) is 24.3 Å². The molecule has 0 aliphatic heterocycles. The summed E-state index contributed by atoms with van der Waals surface area (Å²) in [6.45, 7) is 6.29. The SMILES string of the molecule is CC(C)(C)Cn1c(O)c(C(=O)NC2CC2)c(=O)n2nc(CCO)cc12. The zero-order valence-corrected chi connectivity index (χ0v) is 14.7. The molecule has 1 fully saturated rings. The second-order valence-corrected chi connectivity index (χ2v) is 7.78. The van der Waals surface area contributed by atoms with E-state index in [1.54, 1.807) is 6.07 Å². The maximum Gasteiger partial charge on any atom is 0.291 e. The largest absolute Gasteiger partial charge is 0.494 e. The summed E-state index contributed by atoms with van der Waals surface area (Å²) in [6.07, 6.45) is 2.06. The fourth-order valence-electron chi connectivity index (χ4n) is 2.76. The Morgan fingerprint density at radius 3 is 2.64 bits per heavy atom. The van der Waals surface area contributed by atoms with Crippen LogP contribution in [-0.2, 0) is 13.0 Å². The minimum atomic E-state index is -0.653. The quantitative estimate of drug-likeness (QED) is 0.736. The second-order valence-electron chi connectivity index (χ2n) is 7.78. The number of aliphatic hydroxyl groups excluding tert-OH is 1. The number of rotatable bonds is 5. The molecular formula is C17H24N4O4. The molecule has 136 valence electrons. The topological polar surface area (TPSA) is 109 Å².